The van der Waals surface area contributed by atoms with Crippen LogP contribution in [0.25, 0.3) is 0 Å². The van der Waals surface area contributed by atoms with Crippen molar-refractivity contribution in [1.29, 1.82) is 5.26 Å². The van der Waals surface area contributed by atoms with Crippen molar-refractivity contribution in [3.05, 3.63) is 33.9 Å². The molecule has 20 heavy (non-hydrogen) atoms. The molecule has 0 aromatic heterocycles. The van der Waals surface area contributed by atoms with Crippen LogP contribution in [0.2, 0.25) is 0 Å². The Morgan fingerprint density at radius 1 is 1.50 bits per heavy atom. The normalized spacial score (nSPS) is 16.6. The largest absolute Gasteiger partial charge is 0.388 e. The molecular formula is C14H17N3O3. The molecular weight excluding hydrogens is 258 g/mol. The van der Waals surface area contributed by atoms with Gasteiger partial charge < -0.3 is 10.0 Å². The lowest BCUT2D eigenvalue weighted by atomic mass is 10.0. The molecule has 2 rings (SSSR count). The van der Waals surface area contributed by atoms with E-state index in [2.05, 4.69) is 0 Å². The first-order chi connectivity index (χ1) is 9.45. The van der Waals surface area contributed by atoms with Crippen LogP contribution in [0.5, 0.6) is 0 Å². The second-order valence-corrected chi connectivity index (χ2v) is 5.36. The highest BCUT2D eigenvalue weighted by atomic mass is 16.6. The smallest absolute Gasteiger partial charge is 0.292 e. The van der Waals surface area contributed by atoms with Gasteiger partial charge in [-0.25, -0.2) is 0 Å². The number of benzene rings is 1. The van der Waals surface area contributed by atoms with Gasteiger partial charge in [-0.15, -0.1) is 0 Å². The zero-order valence-corrected chi connectivity index (χ0v) is 11.4. The van der Waals surface area contributed by atoms with E-state index in [9.17, 15) is 15.2 Å². The number of anilines is 1. The van der Waals surface area contributed by atoms with Crippen LogP contribution < -0.4 is 4.90 Å². The molecule has 0 radical (unpaired) electrons. The van der Waals surface area contributed by atoms with Gasteiger partial charge in [0.15, 0.2) is 0 Å². The highest BCUT2D eigenvalue weighted by molar-refractivity contribution is 5.65. The zero-order valence-electron chi connectivity index (χ0n) is 11.4. The van der Waals surface area contributed by atoms with Gasteiger partial charge in [0, 0.05) is 19.7 Å². The van der Waals surface area contributed by atoms with Gasteiger partial charge in [-0.1, -0.05) is 12.8 Å². The summed E-state index contributed by atoms with van der Waals surface area (Å²) in [5.74, 6) is 0. The monoisotopic (exact) mass is 275 g/mol. The quantitative estimate of drug-likeness (QED) is 0.672. The maximum Gasteiger partial charge on any atom is 0.292 e. The zero-order chi connectivity index (χ0) is 14.8. The standard InChI is InChI=1S/C14H17N3O3/c1-16(10-14(18)6-2-3-7-14)13-8-11(9-15)4-5-12(13)17(19)20/h4-5,8,18H,2-3,6-7,10H2,1H3. The molecule has 0 amide bonds. The molecule has 0 aliphatic heterocycles. The summed E-state index contributed by atoms with van der Waals surface area (Å²) < 4.78 is 0. The van der Waals surface area contributed by atoms with Crippen LogP contribution in [-0.2, 0) is 0 Å². The predicted octanol–water partition coefficient (Wildman–Crippen LogP) is 2.21. The van der Waals surface area contributed by atoms with Crippen molar-refractivity contribution in [2.75, 3.05) is 18.5 Å². The van der Waals surface area contributed by atoms with Crippen molar-refractivity contribution in [3.63, 3.8) is 0 Å². The SMILES string of the molecule is CN(CC1(O)CCCC1)c1cc(C#N)ccc1[N+](=O)[O-]. The predicted molar refractivity (Wildman–Crippen MR) is 74.5 cm³/mol. The molecule has 1 aliphatic rings. The average molecular weight is 275 g/mol. The Kier molecular flexibility index (Phi) is 3.91. The van der Waals surface area contributed by atoms with Crippen LogP contribution in [0.15, 0.2) is 18.2 Å². The highest BCUT2D eigenvalue weighted by Crippen LogP contribution is 2.34. The minimum absolute atomic E-state index is 0.0481. The molecule has 1 aromatic rings. The number of nitriles is 1. The Morgan fingerprint density at radius 3 is 2.70 bits per heavy atom. The molecule has 1 saturated carbocycles. The minimum atomic E-state index is -0.786. The number of hydrogen-bond donors (Lipinski definition) is 1. The number of rotatable bonds is 4. The molecule has 6 nitrogen and oxygen atoms in total. The molecule has 0 saturated heterocycles. The molecule has 0 heterocycles. The number of hydrogen-bond acceptors (Lipinski definition) is 5. The van der Waals surface area contributed by atoms with Crippen molar-refractivity contribution in [1.82, 2.24) is 0 Å². The lowest BCUT2D eigenvalue weighted by molar-refractivity contribution is -0.384. The van der Waals surface area contributed by atoms with E-state index in [-0.39, 0.29) is 5.69 Å². The summed E-state index contributed by atoms with van der Waals surface area (Å²) in [5.41, 5.74) is -0.0935. The number of aliphatic hydroxyl groups is 1. The maximum atomic E-state index is 11.1. The summed E-state index contributed by atoms with van der Waals surface area (Å²) in [4.78, 5) is 12.3. The van der Waals surface area contributed by atoms with Crippen molar-refractivity contribution >= 4 is 11.4 Å². The van der Waals surface area contributed by atoms with Crippen molar-refractivity contribution in [3.8, 4) is 6.07 Å². The Balaban J connectivity index is 2.30. The first-order valence-electron chi connectivity index (χ1n) is 6.57. The Hall–Kier alpha value is -2.13. The summed E-state index contributed by atoms with van der Waals surface area (Å²) in [6.07, 6.45) is 3.38. The lowest BCUT2D eigenvalue weighted by Crippen LogP contribution is -2.39. The summed E-state index contributed by atoms with van der Waals surface area (Å²) in [7, 11) is 1.71. The summed E-state index contributed by atoms with van der Waals surface area (Å²) in [6.45, 7) is 0.336. The van der Waals surface area contributed by atoms with E-state index in [0.717, 1.165) is 12.8 Å². The minimum Gasteiger partial charge on any atom is -0.388 e. The van der Waals surface area contributed by atoms with Gasteiger partial charge in [-0.2, -0.15) is 5.26 Å². The first-order valence-corrected chi connectivity index (χ1v) is 6.57. The molecule has 1 aliphatic carbocycles. The van der Waals surface area contributed by atoms with Gasteiger partial charge in [0.2, 0.25) is 0 Å². The molecule has 6 heteroatoms. The maximum absolute atomic E-state index is 11.1. The van der Waals surface area contributed by atoms with Crippen LogP contribution in [-0.4, -0.2) is 29.2 Å². The molecule has 1 fully saturated rings. The van der Waals surface area contributed by atoms with E-state index in [1.54, 1.807) is 11.9 Å². The third-order valence-electron chi connectivity index (χ3n) is 3.78. The number of nitro benzene ring substituents is 1. The highest BCUT2D eigenvalue weighted by Gasteiger charge is 2.33. The van der Waals surface area contributed by atoms with E-state index >= 15 is 0 Å². The van der Waals surface area contributed by atoms with Crippen molar-refractivity contribution in [2.45, 2.75) is 31.3 Å². The van der Waals surface area contributed by atoms with Crippen molar-refractivity contribution in [2.24, 2.45) is 0 Å². The Bertz CT molecular complexity index is 559. The fraction of sp³-hybridized carbons (Fsp3) is 0.500. The fourth-order valence-electron chi connectivity index (χ4n) is 2.77. The van der Waals surface area contributed by atoms with E-state index in [0.29, 0.717) is 30.6 Å². The third kappa shape index (κ3) is 2.89. The van der Waals surface area contributed by atoms with E-state index < -0.39 is 10.5 Å². The second kappa shape index (κ2) is 5.47. The second-order valence-electron chi connectivity index (χ2n) is 5.36. The van der Waals surface area contributed by atoms with Gasteiger partial charge >= 0.3 is 0 Å². The molecule has 0 spiro atoms. The summed E-state index contributed by atoms with van der Waals surface area (Å²) in [5, 5.41) is 30.4. The van der Waals surface area contributed by atoms with Crippen LogP contribution in [0.3, 0.4) is 0 Å². The van der Waals surface area contributed by atoms with Crippen molar-refractivity contribution < 1.29 is 10.0 Å². The fourth-order valence-corrected chi connectivity index (χ4v) is 2.77. The first kappa shape index (κ1) is 14.3. The lowest BCUT2D eigenvalue weighted by Gasteiger charge is -2.29. The molecule has 0 atom stereocenters. The van der Waals surface area contributed by atoms with Crippen LogP contribution in [0, 0.1) is 21.4 Å². The summed E-state index contributed by atoms with van der Waals surface area (Å²) >= 11 is 0. The van der Waals surface area contributed by atoms with Crippen LogP contribution >= 0.6 is 0 Å². The molecule has 1 N–H and O–H groups in total. The van der Waals surface area contributed by atoms with Gasteiger partial charge in [-0.05, 0) is 25.0 Å². The van der Waals surface area contributed by atoms with Gasteiger partial charge in [-0.3, -0.25) is 10.1 Å². The molecule has 106 valence electrons. The van der Waals surface area contributed by atoms with Crippen LogP contribution in [0.1, 0.15) is 31.2 Å². The molecule has 0 unspecified atom stereocenters. The third-order valence-corrected chi connectivity index (χ3v) is 3.78. The van der Waals surface area contributed by atoms with E-state index in [4.69, 9.17) is 5.26 Å². The topological polar surface area (TPSA) is 90.4 Å². The molecule has 0 bridgehead atoms. The van der Waals surface area contributed by atoms with E-state index in [1.165, 1.54) is 18.2 Å². The number of nitrogens with zero attached hydrogens (tertiary/aromatic N) is 3. The summed E-state index contributed by atoms with van der Waals surface area (Å²) in [6, 6.07) is 6.24. The van der Waals surface area contributed by atoms with E-state index in [1.807, 2.05) is 6.07 Å². The molecule has 1 aromatic carbocycles. The Labute approximate surface area is 117 Å². The van der Waals surface area contributed by atoms with Gasteiger partial charge in [0.25, 0.3) is 5.69 Å². The Morgan fingerprint density at radius 2 is 2.15 bits per heavy atom. The number of nitro groups is 1. The van der Waals surface area contributed by atoms with Crippen LogP contribution in [0.4, 0.5) is 11.4 Å². The van der Waals surface area contributed by atoms with Gasteiger partial charge in [0.05, 0.1) is 22.2 Å². The number of likely N-dealkylation sites (N-methyl/N-ethyl adjacent to an activating group) is 1. The van der Waals surface area contributed by atoms with Gasteiger partial charge in [0.1, 0.15) is 5.69 Å². The average Bonchev–Trinajstić information content (AvgIpc) is 2.84.